The second kappa shape index (κ2) is 10.4. The number of hydrogen-bond acceptors (Lipinski definition) is 1. The Morgan fingerprint density at radius 1 is 0.298 bits per heavy atom. The van der Waals surface area contributed by atoms with Crippen molar-refractivity contribution in [3.63, 3.8) is 0 Å². The van der Waals surface area contributed by atoms with Crippen molar-refractivity contribution >= 4 is 74.6 Å². The SMILES string of the molecule is c1ccc2cc(-c3c4ccccc4c(-c4ccc(-c5cc6sc7ccccc7c6c6ccccc56)cc4)c4ccccc34)ccc2c1. The molecule has 10 rings (SSSR count). The Kier molecular flexibility index (Phi) is 5.85. The second-order valence-electron chi connectivity index (χ2n) is 12.4. The van der Waals surface area contributed by atoms with Gasteiger partial charge in [0.05, 0.1) is 0 Å². The molecule has 47 heavy (non-hydrogen) atoms. The van der Waals surface area contributed by atoms with Gasteiger partial charge in [-0.05, 0) is 94.7 Å². The lowest BCUT2D eigenvalue weighted by Gasteiger charge is -2.18. The van der Waals surface area contributed by atoms with Crippen molar-refractivity contribution in [2.75, 3.05) is 0 Å². The molecule has 9 aromatic carbocycles. The predicted octanol–water partition coefficient (Wildman–Crippen LogP) is 13.7. The van der Waals surface area contributed by atoms with E-state index in [1.165, 1.54) is 96.6 Å². The van der Waals surface area contributed by atoms with Gasteiger partial charge in [0.25, 0.3) is 0 Å². The molecule has 0 unspecified atom stereocenters. The summed E-state index contributed by atoms with van der Waals surface area (Å²) >= 11 is 1.89. The van der Waals surface area contributed by atoms with Crippen LogP contribution in [0.25, 0.3) is 96.6 Å². The zero-order chi connectivity index (χ0) is 30.9. The van der Waals surface area contributed by atoms with Gasteiger partial charge < -0.3 is 0 Å². The van der Waals surface area contributed by atoms with E-state index in [2.05, 4.69) is 170 Å². The van der Waals surface area contributed by atoms with Crippen LogP contribution < -0.4 is 0 Å². The van der Waals surface area contributed by atoms with Crippen LogP contribution in [-0.4, -0.2) is 0 Å². The molecule has 1 heteroatoms. The van der Waals surface area contributed by atoms with E-state index in [4.69, 9.17) is 0 Å². The van der Waals surface area contributed by atoms with Crippen LogP contribution in [-0.2, 0) is 0 Å². The van der Waals surface area contributed by atoms with Crippen LogP contribution in [0.5, 0.6) is 0 Å². The zero-order valence-electron chi connectivity index (χ0n) is 25.6. The molecule has 0 bridgehead atoms. The maximum Gasteiger partial charge on any atom is 0.0368 e. The van der Waals surface area contributed by atoms with E-state index < -0.39 is 0 Å². The highest BCUT2D eigenvalue weighted by Gasteiger charge is 2.18. The molecule has 218 valence electrons. The Balaban J connectivity index is 1.18. The molecule has 1 heterocycles. The maximum absolute atomic E-state index is 2.40. The number of benzene rings is 9. The van der Waals surface area contributed by atoms with Gasteiger partial charge in [-0.25, -0.2) is 0 Å². The Bertz CT molecular complexity index is 2780. The molecule has 10 aromatic rings. The molecule has 0 atom stereocenters. The van der Waals surface area contributed by atoms with E-state index in [1.807, 2.05) is 11.3 Å². The molecule has 0 spiro atoms. The topological polar surface area (TPSA) is 0 Å². The van der Waals surface area contributed by atoms with Crippen LogP contribution in [0.1, 0.15) is 0 Å². The van der Waals surface area contributed by atoms with Gasteiger partial charge in [0.15, 0.2) is 0 Å². The lowest BCUT2D eigenvalue weighted by molar-refractivity contribution is 1.64. The molecule has 0 aliphatic heterocycles. The third-order valence-corrected chi connectivity index (χ3v) is 11.0. The quantitative estimate of drug-likeness (QED) is 0.174. The normalized spacial score (nSPS) is 11.8. The van der Waals surface area contributed by atoms with Crippen molar-refractivity contribution in [3.05, 3.63) is 170 Å². The molecule has 0 saturated heterocycles. The second-order valence-corrected chi connectivity index (χ2v) is 13.5. The number of rotatable bonds is 3. The Hall–Kier alpha value is -5.76. The average Bonchev–Trinajstić information content (AvgIpc) is 3.52. The summed E-state index contributed by atoms with van der Waals surface area (Å²) in [5.41, 5.74) is 7.60. The highest BCUT2D eigenvalue weighted by Crippen LogP contribution is 2.46. The molecule has 0 aliphatic rings. The van der Waals surface area contributed by atoms with Crippen molar-refractivity contribution in [2.45, 2.75) is 0 Å². The summed E-state index contributed by atoms with van der Waals surface area (Å²) in [4.78, 5) is 0. The van der Waals surface area contributed by atoms with Gasteiger partial charge in [-0.15, -0.1) is 11.3 Å². The predicted molar refractivity (Wildman–Crippen MR) is 206 cm³/mol. The van der Waals surface area contributed by atoms with Gasteiger partial charge >= 0.3 is 0 Å². The van der Waals surface area contributed by atoms with E-state index in [9.17, 15) is 0 Å². The third-order valence-electron chi connectivity index (χ3n) is 9.84. The fourth-order valence-corrected chi connectivity index (χ4v) is 8.90. The number of fused-ring (bicyclic) bond motifs is 8. The maximum atomic E-state index is 2.40. The first-order valence-electron chi connectivity index (χ1n) is 16.2. The molecule has 0 N–H and O–H groups in total. The summed E-state index contributed by atoms with van der Waals surface area (Å²) in [5.74, 6) is 0. The van der Waals surface area contributed by atoms with Crippen LogP contribution in [0, 0.1) is 0 Å². The minimum absolute atomic E-state index is 1.23. The van der Waals surface area contributed by atoms with Gasteiger partial charge in [-0.3, -0.25) is 0 Å². The van der Waals surface area contributed by atoms with Gasteiger partial charge in [-0.2, -0.15) is 0 Å². The van der Waals surface area contributed by atoms with E-state index in [1.54, 1.807) is 0 Å². The Morgan fingerprint density at radius 2 is 0.787 bits per heavy atom. The third kappa shape index (κ3) is 4.07. The summed E-state index contributed by atoms with van der Waals surface area (Å²) in [7, 11) is 0. The Labute approximate surface area is 276 Å². The molecule has 0 amide bonds. The number of hydrogen-bond donors (Lipinski definition) is 0. The minimum Gasteiger partial charge on any atom is -0.135 e. The van der Waals surface area contributed by atoms with Gasteiger partial charge in [-0.1, -0.05) is 152 Å². The largest absolute Gasteiger partial charge is 0.135 e. The molecule has 0 fully saturated rings. The smallest absolute Gasteiger partial charge is 0.0368 e. The first-order chi connectivity index (χ1) is 23.3. The van der Waals surface area contributed by atoms with Crippen LogP contribution in [0.2, 0.25) is 0 Å². The summed E-state index contributed by atoms with van der Waals surface area (Å²) in [6, 6.07) is 62.7. The van der Waals surface area contributed by atoms with Crippen LogP contribution >= 0.6 is 11.3 Å². The first-order valence-corrected chi connectivity index (χ1v) is 17.0. The van der Waals surface area contributed by atoms with Gasteiger partial charge in [0, 0.05) is 20.2 Å². The van der Waals surface area contributed by atoms with Crippen molar-refractivity contribution in [1.82, 2.24) is 0 Å². The average molecular weight is 613 g/mol. The summed E-state index contributed by atoms with van der Waals surface area (Å²) in [5, 5.41) is 13.0. The zero-order valence-corrected chi connectivity index (χ0v) is 26.4. The van der Waals surface area contributed by atoms with Crippen molar-refractivity contribution in [2.24, 2.45) is 0 Å². The fraction of sp³-hybridized carbons (Fsp3) is 0. The van der Waals surface area contributed by atoms with Crippen molar-refractivity contribution in [1.29, 1.82) is 0 Å². The lowest BCUT2D eigenvalue weighted by Crippen LogP contribution is -1.91. The van der Waals surface area contributed by atoms with Crippen LogP contribution in [0.3, 0.4) is 0 Å². The molecule has 0 radical (unpaired) electrons. The fourth-order valence-electron chi connectivity index (χ4n) is 7.74. The molecular formula is C46H28S. The lowest BCUT2D eigenvalue weighted by atomic mass is 9.85. The van der Waals surface area contributed by atoms with Crippen LogP contribution in [0.4, 0.5) is 0 Å². The van der Waals surface area contributed by atoms with Crippen LogP contribution in [0.15, 0.2) is 170 Å². The number of thiophene rings is 1. The van der Waals surface area contributed by atoms with Crippen molar-refractivity contribution < 1.29 is 0 Å². The van der Waals surface area contributed by atoms with E-state index in [0.717, 1.165) is 0 Å². The minimum atomic E-state index is 1.23. The van der Waals surface area contributed by atoms with Gasteiger partial charge in [0.1, 0.15) is 0 Å². The summed E-state index contributed by atoms with van der Waals surface area (Å²) < 4.78 is 2.68. The van der Waals surface area contributed by atoms with Crippen molar-refractivity contribution in [3.8, 4) is 33.4 Å². The molecule has 1 aromatic heterocycles. The highest BCUT2D eigenvalue weighted by atomic mass is 32.1. The molecule has 0 saturated carbocycles. The molecular weight excluding hydrogens is 585 g/mol. The summed E-state index contributed by atoms with van der Waals surface area (Å²) in [6.45, 7) is 0. The highest BCUT2D eigenvalue weighted by molar-refractivity contribution is 7.26. The Morgan fingerprint density at radius 3 is 1.47 bits per heavy atom. The van der Waals surface area contributed by atoms with E-state index >= 15 is 0 Å². The van der Waals surface area contributed by atoms with E-state index in [0.29, 0.717) is 0 Å². The first kappa shape index (κ1) is 26.5. The monoisotopic (exact) mass is 612 g/mol. The molecule has 0 aliphatic carbocycles. The summed E-state index contributed by atoms with van der Waals surface area (Å²) in [6.07, 6.45) is 0. The standard InChI is InChI=1S/C46H28S/c1-2-12-32-27-33(26-21-29(32)11-1)45-38-17-7-5-15-36(38)44(37-16-6-8-18-39(37)45)31-24-22-30(23-25-31)41-28-43-46(35-14-4-3-13-34(35)41)40-19-9-10-20-42(40)47-43/h1-28H. The van der Waals surface area contributed by atoms with Gasteiger partial charge in [0.2, 0.25) is 0 Å². The molecule has 0 nitrogen and oxygen atoms in total. The van der Waals surface area contributed by atoms with E-state index in [-0.39, 0.29) is 0 Å².